The summed E-state index contributed by atoms with van der Waals surface area (Å²) < 4.78 is 0. The minimum Gasteiger partial charge on any atom is -0.147 e. The molecule has 0 aromatic carbocycles. The third kappa shape index (κ3) is 190. The summed E-state index contributed by atoms with van der Waals surface area (Å²) in [6.07, 6.45) is 0. The van der Waals surface area contributed by atoms with Crippen molar-refractivity contribution in [1.82, 2.24) is 0 Å². The number of rotatable bonds is 0. The number of nitrogens with one attached hydrogen (secondary N) is 1. The summed E-state index contributed by atoms with van der Waals surface area (Å²) in [5, 5.41) is 0. The standard InChI is InChI=1S/4ClH.HN3.Nb/c;;;;1-3-2;/h4*1H;1H;. The molecule has 0 aliphatic heterocycles. The van der Waals surface area contributed by atoms with Gasteiger partial charge >= 0.3 is 0 Å². The van der Waals surface area contributed by atoms with Crippen molar-refractivity contribution in [3.8, 4) is 0 Å². The monoisotopic (exact) mass is 280 g/mol. The van der Waals surface area contributed by atoms with E-state index >= 15 is 0 Å². The van der Waals surface area contributed by atoms with Crippen molar-refractivity contribution in [2.45, 2.75) is 0 Å². The molecule has 0 heterocycles. The Labute approximate surface area is 87.5 Å². The van der Waals surface area contributed by atoms with Crippen molar-refractivity contribution in [3.63, 3.8) is 0 Å². The van der Waals surface area contributed by atoms with Gasteiger partial charge in [-0.25, -0.2) is 0 Å². The van der Waals surface area contributed by atoms with Gasteiger partial charge in [0.2, 0.25) is 0 Å². The Morgan fingerprint density at radius 2 is 1.00 bits per heavy atom. The minimum absolute atomic E-state index is 0. The molecule has 1 radical (unpaired) electrons. The molecule has 0 atom stereocenters. The largest absolute Gasteiger partial charge is 0.147 e. The molecule has 0 rings (SSSR count). The van der Waals surface area contributed by atoms with Crippen molar-refractivity contribution in [2.24, 2.45) is 0 Å². The molecule has 0 saturated carbocycles. The van der Waals surface area contributed by atoms with E-state index in [0.717, 1.165) is 0 Å². The molecule has 1 N–H and O–H groups in total. The van der Waals surface area contributed by atoms with E-state index in [1.165, 1.54) is 0 Å². The molecule has 8 heteroatoms. The average Bonchev–Trinajstić information content (AvgIpc) is 0.918. The summed E-state index contributed by atoms with van der Waals surface area (Å²) in [5.41, 5.74) is 12.2. The summed E-state index contributed by atoms with van der Waals surface area (Å²) in [5.74, 6) is 0. The Morgan fingerprint density at radius 3 is 1.00 bits per heavy atom. The van der Waals surface area contributed by atoms with Crippen LogP contribution in [0, 0.1) is 5.53 Å². The van der Waals surface area contributed by atoms with E-state index in [0.29, 0.717) is 0 Å². The quantitative estimate of drug-likeness (QED) is 0.307. The van der Waals surface area contributed by atoms with Crippen molar-refractivity contribution in [2.75, 3.05) is 0 Å². The van der Waals surface area contributed by atoms with E-state index in [9.17, 15) is 0 Å². The van der Waals surface area contributed by atoms with Crippen LogP contribution in [0.3, 0.4) is 0 Å². The van der Waals surface area contributed by atoms with Gasteiger partial charge in [0.1, 0.15) is 0 Å². The summed E-state index contributed by atoms with van der Waals surface area (Å²) in [6.45, 7) is 0. The van der Waals surface area contributed by atoms with Crippen LogP contribution in [0.15, 0.2) is 0 Å². The van der Waals surface area contributed by atoms with Gasteiger partial charge in [0.15, 0.2) is 0 Å². The van der Waals surface area contributed by atoms with Gasteiger partial charge in [-0.05, 0) is 10.4 Å². The zero-order valence-corrected chi connectivity index (χ0v) is 8.94. The van der Waals surface area contributed by atoms with E-state index < -0.39 is 0 Å². The maximum atomic E-state index is 6.86. The molecular formula is H5Cl4N3Nb. The van der Waals surface area contributed by atoms with Crippen LogP contribution in [-0.4, -0.2) is 0 Å². The summed E-state index contributed by atoms with van der Waals surface area (Å²) in [4.78, 5) is 1.75. The van der Waals surface area contributed by atoms with Crippen LogP contribution in [0.5, 0.6) is 0 Å². The van der Waals surface area contributed by atoms with E-state index in [1.807, 2.05) is 0 Å². The van der Waals surface area contributed by atoms with Gasteiger partial charge in [0.05, 0.1) is 0 Å². The maximum Gasteiger partial charge on any atom is 0 e. The molecule has 53 valence electrons. The smallest absolute Gasteiger partial charge is 0 e. The van der Waals surface area contributed by atoms with Gasteiger partial charge in [-0.1, -0.05) is 0 Å². The molecule has 0 aromatic rings. The van der Waals surface area contributed by atoms with Crippen molar-refractivity contribution in [1.29, 1.82) is 5.53 Å². The van der Waals surface area contributed by atoms with Crippen molar-refractivity contribution >= 4 is 49.6 Å². The fourth-order valence-corrected chi connectivity index (χ4v) is 0. The van der Waals surface area contributed by atoms with Crippen LogP contribution in [0.2, 0.25) is 0 Å². The van der Waals surface area contributed by atoms with Crippen LogP contribution in [0.25, 0.3) is 10.4 Å². The van der Waals surface area contributed by atoms with E-state index in [2.05, 4.69) is 0 Å². The number of hydrogen-bond acceptors (Lipinski definition) is 1. The molecule has 0 aliphatic rings. The second-order valence-electron chi connectivity index (χ2n) is 0.100. The van der Waals surface area contributed by atoms with Crippen LogP contribution < -0.4 is 0 Å². The fraction of sp³-hybridized carbons (Fsp3) is 0. The molecule has 0 bridgehead atoms. The first-order valence-electron chi connectivity index (χ1n) is 0.424. The molecule has 3 nitrogen and oxygen atoms in total. The first-order chi connectivity index (χ1) is 1.41. The number of hydrogen-bond donors (Lipinski definition) is 1. The Bertz CT molecular complexity index is 32.3. The van der Waals surface area contributed by atoms with Crippen LogP contribution in [-0.2, 0) is 22.4 Å². The first-order valence-corrected chi connectivity index (χ1v) is 0.424. The van der Waals surface area contributed by atoms with Crippen molar-refractivity contribution in [3.05, 3.63) is 10.4 Å². The third-order valence-electron chi connectivity index (χ3n) is 0. The van der Waals surface area contributed by atoms with Crippen LogP contribution in [0.1, 0.15) is 0 Å². The molecule has 0 fully saturated rings. The topological polar surface area (TPSA) is 60.3 Å². The molecule has 0 aliphatic carbocycles. The third-order valence-corrected chi connectivity index (χ3v) is 0. The maximum absolute atomic E-state index is 6.86. The first kappa shape index (κ1) is 60.2. The van der Waals surface area contributed by atoms with Gasteiger partial charge in [-0.3, -0.25) is 0 Å². The van der Waals surface area contributed by atoms with Crippen molar-refractivity contribution < 1.29 is 22.4 Å². The van der Waals surface area contributed by atoms with Crippen LogP contribution >= 0.6 is 49.6 Å². The fourth-order valence-electron chi connectivity index (χ4n) is 0. The van der Waals surface area contributed by atoms with E-state index in [1.54, 1.807) is 4.91 Å². The number of halogens is 4. The predicted molar refractivity (Wildman–Crippen MR) is 38.4 cm³/mol. The minimum atomic E-state index is 0. The summed E-state index contributed by atoms with van der Waals surface area (Å²) in [6, 6.07) is 0. The second-order valence-corrected chi connectivity index (χ2v) is 0.100. The predicted octanol–water partition coefficient (Wildman–Crippen LogP) is 2.56. The summed E-state index contributed by atoms with van der Waals surface area (Å²) in [7, 11) is 0. The zero-order valence-electron chi connectivity index (χ0n) is 3.47. The van der Waals surface area contributed by atoms with Crippen LogP contribution in [0.4, 0.5) is 0 Å². The normalized spacial score (nSPS) is 1.00. The molecule has 0 saturated heterocycles. The zero-order chi connectivity index (χ0) is 2.71. The molecule has 8 heavy (non-hydrogen) atoms. The Balaban J connectivity index is -0.00000000200. The van der Waals surface area contributed by atoms with Gasteiger partial charge in [0.25, 0.3) is 0 Å². The Morgan fingerprint density at radius 1 is 1.00 bits per heavy atom. The second kappa shape index (κ2) is 87.4. The van der Waals surface area contributed by atoms with Gasteiger partial charge in [-0.15, -0.1) is 55.2 Å². The Hall–Kier alpha value is 1.21. The average molecular weight is 282 g/mol. The molecule has 0 spiro atoms. The number of nitrogens with zero attached hydrogens (tertiary/aromatic N) is 2. The Kier molecular flexibility index (Phi) is 658. The molecular weight excluding hydrogens is 277 g/mol. The SMILES string of the molecule is Cl.Cl.Cl.Cl.[N-]=[N+]=N.[Nb]. The summed E-state index contributed by atoms with van der Waals surface area (Å²) >= 11 is 0. The van der Waals surface area contributed by atoms with E-state index in [4.69, 9.17) is 11.1 Å². The van der Waals surface area contributed by atoms with Gasteiger partial charge in [0, 0.05) is 22.4 Å². The molecule has 0 amide bonds. The molecule has 0 unspecified atom stereocenters. The van der Waals surface area contributed by atoms with Gasteiger partial charge in [-0.2, -0.15) is 0 Å². The molecule has 0 aromatic heterocycles. The van der Waals surface area contributed by atoms with Gasteiger partial charge < -0.3 is 0 Å². The van der Waals surface area contributed by atoms with E-state index in [-0.39, 0.29) is 72.0 Å².